The highest BCUT2D eigenvalue weighted by Gasteiger charge is 2.50. The number of alkyl carbamates (subject to hydrolysis) is 1. The molecule has 2 N–H and O–H groups in total. The first-order valence-electron chi connectivity index (χ1n) is 16.5. The third kappa shape index (κ3) is 4.99. The van der Waals surface area contributed by atoms with Gasteiger partial charge in [0, 0.05) is 44.2 Å². The van der Waals surface area contributed by atoms with Crippen molar-refractivity contribution in [3.05, 3.63) is 47.8 Å². The van der Waals surface area contributed by atoms with Gasteiger partial charge in [-0.05, 0) is 76.6 Å². The second-order valence-electron chi connectivity index (χ2n) is 14.1. The van der Waals surface area contributed by atoms with Crippen molar-refractivity contribution >= 4 is 39.6 Å². The molecule has 11 heteroatoms. The van der Waals surface area contributed by atoms with Gasteiger partial charge in [-0.2, -0.15) is 0 Å². The molecule has 1 unspecified atom stereocenters. The molecular formula is C35H43FN6O4. The summed E-state index contributed by atoms with van der Waals surface area (Å²) in [6, 6.07) is 11.2. The van der Waals surface area contributed by atoms with Crippen LogP contribution in [0, 0.1) is 11.7 Å². The number of rotatable bonds is 7. The average Bonchev–Trinajstić information content (AvgIpc) is 3.76. The molecule has 2 fully saturated rings. The van der Waals surface area contributed by atoms with Crippen LogP contribution in [0.25, 0.3) is 33.5 Å². The van der Waals surface area contributed by atoms with Crippen molar-refractivity contribution in [2.24, 2.45) is 13.0 Å². The van der Waals surface area contributed by atoms with E-state index in [1.54, 1.807) is 15.5 Å². The maximum atomic E-state index is 15.9. The van der Waals surface area contributed by atoms with Gasteiger partial charge in [0.1, 0.15) is 16.9 Å². The number of amides is 2. The van der Waals surface area contributed by atoms with Crippen LogP contribution in [0.5, 0.6) is 0 Å². The number of aliphatic hydroxyl groups is 1. The molecule has 46 heavy (non-hydrogen) atoms. The van der Waals surface area contributed by atoms with E-state index in [1.807, 2.05) is 27.8 Å². The summed E-state index contributed by atoms with van der Waals surface area (Å²) in [5, 5.41) is 13.6. The minimum Gasteiger partial charge on any atom is -0.444 e. The van der Waals surface area contributed by atoms with Gasteiger partial charge in [-0.25, -0.2) is 14.2 Å². The molecule has 10 nitrogen and oxygen atoms in total. The van der Waals surface area contributed by atoms with E-state index < -0.39 is 17.5 Å². The second kappa shape index (κ2) is 11.3. The van der Waals surface area contributed by atoms with Gasteiger partial charge in [-0.3, -0.25) is 4.79 Å². The Bertz CT molecular complexity index is 1840. The minimum atomic E-state index is -0.614. The van der Waals surface area contributed by atoms with Crippen LogP contribution in [0.1, 0.15) is 69.8 Å². The Kier molecular flexibility index (Phi) is 7.49. The lowest BCUT2D eigenvalue weighted by molar-refractivity contribution is 0.0485. The molecule has 2 amide bonds. The van der Waals surface area contributed by atoms with Crippen molar-refractivity contribution in [1.29, 1.82) is 0 Å². The second-order valence-corrected chi connectivity index (χ2v) is 14.1. The van der Waals surface area contributed by atoms with Crippen LogP contribution in [0.3, 0.4) is 0 Å². The predicted molar refractivity (Wildman–Crippen MR) is 176 cm³/mol. The number of anilines is 1. The van der Waals surface area contributed by atoms with Crippen LogP contribution in [-0.4, -0.2) is 80.1 Å². The van der Waals surface area contributed by atoms with Crippen LogP contribution < -0.4 is 10.2 Å². The van der Waals surface area contributed by atoms with Crippen LogP contribution in [0.4, 0.5) is 14.9 Å². The van der Waals surface area contributed by atoms with E-state index in [4.69, 9.17) is 9.72 Å². The van der Waals surface area contributed by atoms with Gasteiger partial charge in [-0.15, -0.1) is 0 Å². The molecule has 1 aliphatic carbocycles. The van der Waals surface area contributed by atoms with Gasteiger partial charge in [-0.1, -0.05) is 19.1 Å². The van der Waals surface area contributed by atoms with Crippen molar-refractivity contribution in [2.45, 2.75) is 77.1 Å². The maximum Gasteiger partial charge on any atom is 0.407 e. The molecule has 3 aliphatic rings. The van der Waals surface area contributed by atoms with Gasteiger partial charge in [0.15, 0.2) is 5.82 Å². The molecule has 4 atom stereocenters. The van der Waals surface area contributed by atoms with Gasteiger partial charge in [0.25, 0.3) is 5.91 Å². The number of imidazole rings is 1. The Morgan fingerprint density at radius 1 is 1.13 bits per heavy atom. The number of carbonyl (C=O) groups is 2. The van der Waals surface area contributed by atoms with Gasteiger partial charge in [0.05, 0.1) is 40.5 Å². The zero-order chi connectivity index (χ0) is 32.5. The number of fused-ring (bicyclic) bond motifs is 3. The molecule has 244 valence electrons. The number of likely N-dealkylation sites (tertiary alicyclic amines) is 1. The lowest BCUT2D eigenvalue weighted by atomic mass is 10.1. The van der Waals surface area contributed by atoms with Crippen molar-refractivity contribution in [3.63, 3.8) is 0 Å². The molecule has 0 spiro atoms. The number of halogens is 1. The van der Waals surface area contributed by atoms with E-state index in [2.05, 4.69) is 46.0 Å². The fraction of sp³-hybridized carbons (Fsp3) is 0.514. The highest BCUT2D eigenvalue weighted by atomic mass is 19.1. The highest BCUT2D eigenvalue weighted by molar-refractivity contribution is 6.00. The number of nitrogens with zero attached hydrogens (tertiary/aromatic N) is 5. The third-order valence-corrected chi connectivity index (χ3v) is 9.96. The summed E-state index contributed by atoms with van der Waals surface area (Å²) >= 11 is 0. The standard InChI is InChI=1S/C35H43FN6O4/c1-6-23-19-40(13-8-14-43)27-10-7-9-20-17-28(42(23)30(20)27)32-37-25-16-22(15-24(36)31(25)39(32)5)33(44)41-18-21-11-12-26(41)29(21)38-34(45)46-35(2,3)4/h7,9-10,15-17,21,23,26,29,43H,6,8,11-14,18-19H2,1-5H3,(H,38,45)/t21-,23?,26-,29-/m1/s1. The van der Waals surface area contributed by atoms with Crippen LogP contribution in [0.2, 0.25) is 0 Å². The summed E-state index contributed by atoms with van der Waals surface area (Å²) in [5.41, 5.74) is 3.58. The molecular weight excluding hydrogens is 587 g/mol. The quantitative estimate of drug-likeness (QED) is 0.275. The first-order chi connectivity index (χ1) is 22.0. The lowest BCUT2D eigenvalue weighted by Crippen LogP contribution is -2.46. The third-order valence-electron chi connectivity index (χ3n) is 9.96. The summed E-state index contributed by atoms with van der Waals surface area (Å²) < 4.78 is 25.5. The number of aryl methyl sites for hydroxylation is 1. The molecule has 4 heterocycles. The predicted octanol–water partition coefficient (Wildman–Crippen LogP) is 5.62. The highest BCUT2D eigenvalue weighted by Crippen LogP contribution is 2.43. The molecule has 2 aromatic heterocycles. The smallest absolute Gasteiger partial charge is 0.407 e. The normalized spacial score (nSPS) is 22.3. The average molecular weight is 631 g/mol. The summed E-state index contributed by atoms with van der Waals surface area (Å²) in [6.07, 6.45) is 2.81. The molecule has 2 bridgehead atoms. The van der Waals surface area contributed by atoms with Crippen molar-refractivity contribution in [1.82, 2.24) is 24.3 Å². The molecule has 0 radical (unpaired) electrons. The van der Waals surface area contributed by atoms with E-state index in [-0.39, 0.29) is 42.1 Å². The Morgan fingerprint density at radius 2 is 1.93 bits per heavy atom. The fourth-order valence-corrected chi connectivity index (χ4v) is 8.00. The summed E-state index contributed by atoms with van der Waals surface area (Å²) in [6.45, 7) is 9.87. The van der Waals surface area contributed by atoms with E-state index in [0.717, 1.165) is 54.6 Å². The Hall–Kier alpha value is -4.12. The Labute approximate surface area is 268 Å². The monoisotopic (exact) mass is 630 g/mol. The fourth-order valence-electron chi connectivity index (χ4n) is 8.00. The van der Waals surface area contributed by atoms with Gasteiger partial charge in [0.2, 0.25) is 0 Å². The van der Waals surface area contributed by atoms with Gasteiger partial charge >= 0.3 is 6.09 Å². The zero-order valence-electron chi connectivity index (χ0n) is 27.2. The zero-order valence-corrected chi connectivity index (χ0v) is 27.2. The topological polar surface area (TPSA) is 105 Å². The van der Waals surface area contributed by atoms with Gasteiger partial charge < -0.3 is 34.1 Å². The van der Waals surface area contributed by atoms with Crippen LogP contribution >= 0.6 is 0 Å². The number of hydrogen-bond acceptors (Lipinski definition) is 6. The van der Waals surface area contributed by atoms with E-state index in [0.29, 0.717) is 29.8 Å². The lowest BCUT2D eigenvalue weighted by Gasteiger charge is -2.36. The number of nitrogens with one attached hydrogen (secondary N) is 1. The Balaban J connectivity index is 1.22. The van der Waals surface area contributed by atoms with E-state index in [1.165, 1.54) is 6.07 Å². The van der Waals surface area contributed by atoms with Crippen molar-refractivity contribution < 1.29 is 23.8 Å². The maximum absolute atomic E-state index is 15.9. The molecule has 2 aliphatic heterocycles. The minimum absolute atomic E-state index is 0.132. The Morgan fingerprint density at radius 3 is 2.67 bits per heavy atom. The number of carbonyl (C=O) groups excluding carboxylic acids is 2. The summed E-state index contributed by atoms with van der Waals surface area (Å²) in [4.78, 5) is 35.5. The molecule has 2 aromatic carbocycles. The van der Waals surface area contributed by atoms with Crippen LogP contribution in [-0.2, 0) is 11.8 Å². The van der Waals surface area contributed by atoms with E-state index >= 15 is 4.39 Å². The first kappa shape index (κ1) is 30.5. The summed E-state index contributed by atoms with van der Waals surface area (Å²) in [5.74, 6) is 0.0311. The number of ether oxygens (including phenoxy) is 1. The number of aliphatic hydroxyl groups excluding tert-OH is 1. The number of piperidine rings is 1. The molecule has 4 aromatic rings. The van der Waals surface area contributed by atoms with Crippen molar-refractivity contribution in [3.8, 4) is 11.5 Å². The number of aromatic nitrogens is 3. The molecule has 1 saturated carbocycles. The van der Waals surface area contributed by atoms with Crippen molar-refractivity contribution in [2.75, 3.05) is 31.1 Å². The molecule has 7 rings (SSSR count). The van der Waals surface area contributed by atoms with Crippen LogP contribution in [0.15, 0.2) is 36.4 Å². The largest absolute Gasteiger partial charge is 0.444 e. The number of benzene rings is 2. The summed E-state index contributed by atoms with van der Waals surface area (Å²) in [7, 11) is 1.82. The molecule has 1 saturated heterocycles. The number of hydrogen-bond donors (Lipinski definition) is 2. The SMILES string of the molecule is CCC1CN(CCCO)c2cccc3cc(-c4nc5cc(C(=O)N6C[C@H]7CC[C@@H]6[C@@H]7NC(=O)OC(C)(C)C)cc(F)c5n4C)n1c23. The number of para-hydroxylation sites is 1. The first-order valence-corrected chi connectivity index (χ1v) is 16.5. The van der Waals surface area contributed by atoms with E-state index in [9.17, 15) is 14.7 Å².